The van der Waals surface area contributed by atoms with Gasteiger partial charge in [-0.1, -0.05) is 23.4 Å². The molecule has 1 unspecified atom stereocenters. The summed E-state index contributed by atoms with van der Waals surface area (Å²) in [5.41, 5.74) is 1.15. The number of rotatable bonds is 2. The normalized spacial score (nSPS) is 17.2. The van der Waals surface area contributed by atoms with Crippen molar-refractivity contribution in [1.82, 2.24) is 10.1 Å². The molecule has 2 aromatic heterocycles. The number of fused-ring (bicyclic) bond motifs is 1. The number of para-hydroxylation sites is 1. The molecule has 21 heavy (non-hydrogen) atoms. The molecule has 1 N–H and O–H groups in total. The van der Waals surface area contributed by atoms with Crippen molar-refractivity contribution in [2.24, 2.45) is 0 Å². The summed E-state index contributed by atoms with van der Waals surface area (Å²) < 4.78 is 11.0. The van der Waals surface area contributed by atoms with Gasteiger partial charge in [0.15, 0.2) is 5.82 Å². The molecular formula is C15H12N2O3S. The van der Waals surface area contributed by atoms with E-state index in [2.05, 4.69) is 10.1 Å². The number of hydrogen-bond donors (Lipinski definition) is 1. The summed E-state index contributed by atoms with van der Waals surface area (Å²) in [6.07, 6.45) is 0.825. The van der Waals surface area contributed by atoms with Gasteiger partial charge in [0.1, 0.15) is 16.4 Å². The Morgan fingerprint density at radius 2 is 2.14 bits per heavy atom. The summed E-state index contributed by atoms with van der Waals surface area (Å²) in [5, 5.41) is 15.5. The van der Waals surface area contributed by atoms with Crippen LogP contribution in [-0.4, -0.2) is 21.9 Å². The minimum atomic E-state index is 0.0690. The predicted octanol–water partition coefficient (Wildman–Crippen LogP) is 3.22. The molecular weight excluding hydrogens is 288 g/mol. The van der Waals surface area contributed by atoms with Gasteiger partial charge in [-0.3, -0.25) is 0 Å². The van der Waals surface area contributed by atoms with Crippen molar-refractivity contribution in [3.05, 3.63) is 47.1 Å². The molecule has 0 radical (unpaired) electrons. The predicted molar refractivity (Wildman–Crippen MR) is 77.7 cm³/mol. The smallest absolute Gasteiger partial charge is 0.271 e. The first kappa shape index (κ1) is 12.4. The molecule has 0 aliphatic carbocycles. The summed E-state index contributed by atoms with van der Waals surface area (Å²) in [6, 6.07) is 9.59. The lowest BCUT2D eigenvalue weighted by atomic mass is 9.96. The molecule has 1 atom stereocenters. The lowest BCUT2D eigenvalue weighted by molar-refractivity contribution is 0.254. The largest absolute Gasteiger partial charge is 0.506 e. The molecule has 106 valence electrons. The second kappa shape index (κ2) is 4.89. The zero-order chi connectivity index (χ0) is 14.2. The quantitative estimate of drug-likeness (QED) is 0.787. The number of benzene rings is 1. The molecule has 4 rings (SSSR count). The van der Waals surface area contributed by atoms with Crippen LogP contribution < -0.4 is 4.74 Å². The maximum atomic E-state index is 9.71. The van der Waals surface area contributed by atoms with E-state index in [-0.39, 0.29) is 11.7 Å². The zero-order valence-corrected chi connectivity index (χ0v) is 11.8. The molecule has 0 saturated carbocycles. The first-order valence-corrected chi connectivity index (χ1v) is 7.50. The van der Waals surface area contributed by atoms with E-state index < -0.39 is 0 Å². The van der Waals surface area contributed by atoms with Gasteiger partial charge >= 0.3 is 0 Å². The number of ether oxygens (including phenoxy) is 1. The second-order valence-corrected chi connectivity index (χ2v) is 5.83. The molecule has 3 aromatic rings. The Labute approximate surface area is 124 Å². The van der Waals surface area contributed by atoms with Crippen LogP contribution >= 0.6 is 11.3 Å². The number of aromatic nitrogens is 2. The zero-order valence-electron chi connectivity index (χ0n) is 11.0. The molecule has 3 heterocycles. The highest BCUT2D eigenvalue weighted by Crippen LogP contribution is 2.35. The van der Waals surface area contributed by atoms with E-state index in [0.29, 0.717) is 23.2 Å². The first-order chi connectivity index (χ1) is 10.3. The molecule has 1 aliphatic rings. The van der Waals surface area contributed by atoms with Crippen LogP contribution in [0, 0.1) is 0 Å². The van der Waals surface area contributed by atoms with Gasteiger partial charge in [0.05, 0.1) is 12.5 Å². The van der Waals surface area contributed by atoms with E-state index in [1.807, 2.05) is 24.3 Å². The van der Waals surface area contributed by atoms with E-state index in [1.54, 1.807) is 11.4 Å². The standard InChI is InChI=1S/C15H12N2O3S/c18-11-5-6-21-13(11)15-16-14(17-20-15)10-7-9-3-1-2-4-12(9)19-8-10/h1-6,10,18H,7-8H2. The van der Waals surface area contributed by atoms with Crippen molar-refractivity contribution >= 4 is 11.3 Å². The Balaban J connectivity index is 1.61. The van der Waals surface area contributed by atoms with E-state index >= 15 is 0 Å². The molecule has 0 amide bonds. The fraction of sp³-hybridized carbons (Fsp3) is 0.200. The van der Waals surface area contributed by atoms with Gasteiger partial charge in [-0.15, -0.1) is 11.3 Å². The number of nitrogens with zero attached hydrogens (tertiary/aromatic N) is 2. The van der Waals surface area contributed by atoms with Gasteiger partial charge in [0, 0.05) is 0 Å². The van der Waals surface area contributed by atoms with Gasteiger partial charge in [0.25, 0.3) is 5.89 Å². The molecule has 6 heteroatoms. The number of aromatic hydroxyl groups is 1. The van der Waals surface area contributed by atoms with E-state index in [9.17, 15) is 5.11 Å². The maximum Gasteiger partial charge on any atom is 0.271 e. The van der Waals surface area contributed by atoms with Crippen molar-refractivity contribution in [2.45, 2.75) is 12.3 Å². The van der Waals surface area contributed by atoms with Crippen LogP contribution in [0.2, 0.25) is 0 Å². The van der Waals surface area contributed by atoms with Crippen LogP contribution in [0.15, 0.2) is 40.2 Å². The summed E-state index contributed by atoms with van der Waals surface area (Å²) in [6.45, 7) is 0.534. The Hall–Kier alpha value is -2.34. The third-order valence-corrected chi connectivity index (χ3v) is 4.42. The Bertz CT molecular complexity index is 781. The molecule has 5 nitrogen and oxygen atoms in total. The minimum absolute atomic E-state index is 0.0690. The summed E-state index contributed by atoms with van der Waals surface area (Å²) in [7, 11) is 0. The van der Waals surface area contributed by atoms with E-state index in [1.165, 1.54) is 11.3 Å². The highest BCUT2D eigenvalue weighted by Gasteiger charge is 2.26. The SMILES string of the molecule is Oc1ccsc1-c1nc(C2COc3ccccc3C2)no1. The molecule has 1 aliphatic heterocycles. The minimum Gasteiger partial charge on any atom is -0.506 e. The fourth-order valence-electron chi connectivity index (χ4n) is 2.45. The average molecular weight is 300 g/mol. The fourth-order valence-corrected chi connectivity index (χ4v) is 3.15. The molecule has 0 spiro atoms. The van der Waals surface area contributed by atoms with Crippen molar-refractivity contribution in [3.8, 4) is 22.3 Å². The van der Waals surface area contributed by atoms with Crippen LogP contribution in [0.5, 0.6) is 11.5 Å². The Kier molecular flexibility index (Phi) is 2.89. The van der Waals surface area contributed by atoms with Gasteiger partial charge in [-0.25, -0.2) is 0 Å². The van der Waals surface area contributed by atoms with E-state index in [4.69, 9.17) is 9.26 Å². The topological polar surface area (TPSA) is 68.4 Å². The summed E-state index contributed by atoms with van der Waals surface area (Å²) in [5.74, 6) is 2.14. The van der Waals surface area contributed by atoms with Crippen LogP contribution in [0.25, 0.3) is 10.8 Å². The highest BCUT2D eigenvalue weighted by atomic mass is 32.1. The van der Waals surface area contributed by atoms with Crippen LogP contribution in [-0.2, 0) is 6.42 Å². The molecule has 0 bridgehead atoms. The van der Waals surface area contributed by atoms with E-state index in [0.717, 1.165) is 17.7 Å². The van der Waals surface area contributed by atoms with Crippen molar-refractivity contribution in [3.63, 3.8) is 0 Å². The Morgan fingerprint density at radius 3 is 3.00 bits per heavy atom. The number of thiophene rings is 1. The third kappa shape index (κ3) is 2.17. The average Bonchev–Trinajstić information content (AvgIpc) is 3.15. The highest BCUT2D eigenvalue weighted by molar-refractivity contribution is 7.13. The second-order valence-electron chi connectivity index (χ2n) is 4.91. The van der Waals surface area contributed by atoms with Crippen LogP contribution in [0.3, 0.4) is 0 Å². The molecule has 0 saturated heterocycles. The lowest BCUT2D eigenvalue weighted by Crippen LogP contribution is -2.20. The monoisotopic (exact) mass is 300 g/mol. The number of hydrogen-bond acceptors (Lipinski definition) is 6. The molecule has 0 fully saturated rings. The first-order valence-electron chi connectivity index (χ1n) is 6.62. The van der Waals surface area contributed by atoms with Gasteiger partial charge in [-0.2, -0.15) is 4.98 Å². The molecule has 1 aromatic carbocycles. The van der Waals surface area contributed by atoms with Gasteiger partial charge < -0.3 is 14.4 Å². The van der Waals surface area contributed by atoms with Crippen molar-refractivity contribution < 1.29 is 14.4 Å². The summed E-state index contributed by atoms with van der Waals surface area (Å²) >= 11 is 1.37. The van der Waals surface area contributed by atoms with Gasteiger partial charge in [-0.05, 0) is 29.5 Å². The maximum absolute atomic E-state index is 9.71. The van der Waals surface area contributed by atoms with Crippen LogP contribution in [0.1, 0.15) is 17.3 Å². The van der Waals surface area contributed by atoms with Crippen molar-refractivity contribution in [2.75, 3.05) is 6.61 Å². The Morgan fingerprint density at radius 1 is 1.24 bits per heavy atom. The van der Waals surface area contributed by atoms with Crippen molar-refractivity contribution in [1.29, 1.82) is 0 Å². The third-order valence-electron chi connectivity index (χ3n) is 3.52. The lowest BCUT2D eigenvalue weighted by Gasteiger charge is -2.22. The summed E-state index contributed by atoms with van der Waals surface area (Å²) in [4.78, 5) is 5.01. The van der Waals surface area contributed by atoms with Crippen LogP contribution in [0.4, 0.5) is 0 Å². The van der Waals surface area contributed by atoms with Gasteiger partial charge in [0.2, 0.25) is 0 Å².